The van der Waals surface area contributed by atoms with E-state index in [0.717, 1.165) is 12.1 Å². The van der Waals surface area contributed by atoms with Crippen molar-refractivity contribution in [3.63, 3.8) is 0 Å². The van der Waals surface area contributed by atoms with Crippen molar-refractivity contribution >= 4 is 5.69 Å². The van der Waals surface area contributed by atoms with Gasteiger partial charge in [0.2, 0.25) is 0 Å². The molecule has 2 rings (SSSR count). The summed E-state index contributed by atoms with van der Waals surface area (Å²) in [6.45, 7) is 0. The molecule has 5 heteroatoms. The number of aliphatic hydroxyl groups excluding tert-OH is 1. The van der Waals surface area contributed by atoms with Crippen molar-refractivity contribution in [2.24, 2.45) is 0 Å². The van der Waals surface area contributed by atoms with Gasteiger partial charge in [-0.05, 0) is 12.1 Å². The molecule has 0 aliphatic heterocycles. The molecule has 0 aromatic heterocycles. The Balaban J connectivity index is 2.47. The fraction of sp³-hybridized carbons (Fsp3) is 0.143. The van der Waals surface area contributed by atoms with Gasteiger partial charge in [-0.2, -0.15) is 0 Å². The lowest BCUT2D eigenvalue weighted by atomic mass is 9.99. The highest BCUT2D eigenvalue weighted by Gasteiger charge is 2.19. The quantitative estimate of drug-likeness (QED) is 0.839. The van der Waals surface area contributed by atoms with Gasteiger partial charge in [-0.25, -0.2) is 8.78 Å². The van der Waals surface area contributed by atoms with Crippen LogP contribution in [0.4, 0.5) is 14.5 Å². The molecular formula is C14H13F2NO2. The number of benzene rings is 2. The van der Waals surface area contributed by atoms with E-state index in [-0.39, 0.29) is 11.3 Å². The molecule has 0 amide bonds. The second-order valence-corrected chi connectivity index (χ2v) is 4.03. The molecule has 1 unspecified atom stereocenters. The van der Waals surface area contributed by atoms with Crippen LogP contribution in [0.15, 0.2) is 36.4 Å². The summed E-state index contributed by atoms with van der Waals surface area (Å²) in [7, 11) is 1.44. The largest absolute Gasteiger partial charge is 0.495 e. The minimum atomic E-state index is -1.28. The van der Waals surface area contributed by atoms with E-state index in [1.165, 1.54) is 13.2 Å². The number of anilines is 1. The highest BCUT2D eigenvalue weighted by molar-refractivity contribution is 5.60. The third kappa shape index (κ3) is 2.51. The number of methoxy groups -OCH3 is 1. The fourth-order valence-electron chi connectivity index (χ4n) is 1.87. The molecule has 0 saturated carbocycles. The number of hydrogen-bond donors (Lipinski definition) is 2. The van der Waals surface area contributed by atoms with Crippen molar-refractivity contribution in [2.45, 2.75) is 6.10 Å². The number of rotatable bonds is 3. The van der Waals surface area contributed by atoms with Crippen LogP contribution >= 0.6 is 0 Å². The van der Waals surface area contributed by atoms with Gasteiger partial charge in [0, 0.05) is 17.2 Å². The Hall–Kier alpha value is -2.14. The number of ether oxygens (including phenoxy) is 1. The van der Waals surface area contributed by atoms with Gasteiger partial charge in [0.15, 0.2) is 0 Å². The number of para-hydroxylation sites is 1. The molecule has 0 bridgehead atoms. The zero-order chi connectivity index (χ0) is 14.0. The molecule has 0 radical (unpaired) electrons. The molecule has 1 atom stereocenters. The molecular weight excluding hydrogens is 252 g/mol. The molecule has 19 heavy (non-hydrogen) atoms. The highest BCUT2D eigenvalue weighted by Crippen LogP contribution is 2.33. The third-order valence-electron chi connectivity index (χ3n) is 2.87. The maximum atomic E-state index is 13.6. The average molecular weight is 265 g/mol. The van der Waals surface area contributed by atoms with Crippen LogP contribution in [0.2, 0.25) is 0 Å². The lowest BCUT2D eigenvalue weighted by molar-refractivity contribution is 0.215. The topological polar surface area (TPSA) is 55.5 Å². The van der Waals surface area contributed by atoms with E-state index >= 15 is 0 Å². The van der Waals surface area contributed by atoms with Crippen LogP contribution in [0.1, 0.15) is 17.2 Å². The molecule has 0 spiro atoms. The number of hydrogen-bond acceptors (Lipinski definition) is 3. The summed E-state index contributed by atoms with van der Waals surface area (Å²) >= 11 is 0. The monoisotopic (exact) mass is 265 g/mol. The molecule has 2 aromatic carbocycles. The molecule has 0 fully saturated rings. The Labute approximate surface area is 109 Å². The lowest BCUT2D eigenvalue weighted by Gasteiger charge is -2.16. The SMILES string of the molecule is COc1cccc(C(O)c2ccc(F)cc2F)c1N. The van der Waals surface area contributed by atoms with Crippen LogP contribution < -0.4 is 10.5 Å². The minimum Gasteiger partial charge on any atom is -0.495 e. The van der Waals surface area contributed by atoms with Gasteiger partial charge in [-0.1, -0.05) is 18.2 Å². The van der Waals surface area contributed by atoms with Gasteiger partial charge in [0.05, 0.1) is 12.8 Å². The van der Waals surface area contributed by atoms with Crippen molar-refractivity contribution in [2.75, 3.05) is 12.8 Å². The first-order valence-electron chi connectivity index (χ1n) is 5.60. The number of nitrogens with two attached hydrogens (primary N) is 1. The Morgan fingerprint density at radius 3 is 2.53 bits per heavy atom. The van der Waals surface area contributed by atoms with Crippen molar-refractivity contribution < 1.29 is 18.6 Å². The third-order valence-corrected chi connectivity index (χ3v) is 2.87. The molecule has 0 aliphatic carbocycles. The Kier molecular flexibility index (Phi) is 3.66. The van der Waals surface area contributed by atoms with Gasteiger partial charge in [-0.15, -0.1) is 0 Å². The second kappa shape index (κ2) is 5.24. The zero-order valence-electron chi connectivity index (χ0n) is 10.2. The van der Waals surface area contributed by atoms with E-state index in [4.69, 9.17) is 10.5 Å². The fourth-order valence-corrected chi connectivity index (χ4v) is 1.87. The first-order chi connectivity index (χ1) is 9.04. The van der Waals surface area contributed by atoms with E-state index in [2.05, 4.69) is 0 Å². The molecule has 100 valence electrons. The average Bonchev–Trinajstić information content (AvgIpc) is 2.38. The van der Waals surface area contributed by atoms with Gasteiger partial charge in [-0.3, -0.25) is 0 Å². The number of nitrogen functional groups attached to an aromatic ring is 1. The summed E-state index contributed by atoms with van der Waals surface area (Å²) in [6, 6.07) is 7.81. The summed E-state index contributed by atoms with van der Waals surface area (Å²) in [5.74, 6) is -1.14. The molecule has 3 nitrogen and oxygen atoms in total. The second-order valence-electron chi connectivity index (χ2n) is 4.03. The molecule has 0 saturated heterocycles. The standard InChI is InChI=1S/C14H13F2NO2/c1-19-12-4-2-3-10(13(12)17)14(18)9-6-5-8(15)7-11(9)16/h2-7,14,18H,17H2,1H3. The van der Waals surface area contributed by atoms with Gasteiger partial charge in [0.25, 0.3) is 0 Å². The predicted octanol–water partition coefficient (Wildman–Crippen LogP) is 2.64. The van der Waals surface area contributed by atoms with Crippen LogP contribution in [0.25, 0.3) is 0 Å². The minimum absolute atomic E-state index is 0.0404. The maximum Gasteiger partial charge on any atom is 0.142 e. The number of aliphatic hydroxyl groups is 1. The van der Waals surface area contributed by atoms with Crippen LogP contribution in [0.3, 0.4) is 0 Å². The normalized spacial score (nSPS) is 12.2. The maximum absolute atomic E-state index is 13.6. The van der Waals surface area contributed by atoms with Crippen molar-refractivity contribution in [3.05, 3.63) is 59.2 Å². The summed E-state index contributed by atoms with van der Waals surface area (Å²) in [5.41, 5.74) is 6.32. The van der Waals surface area contributed by atoms with E-state index in [1.807, 2.05) is 0 Å². The predicted molar refractivity (Wildman–Crippen MR) is 67.8 cm³/mol. The van der Waals surface area contributed by atoms with E-state index in [0.29, 0.717) is 11.3 Å². The molecule has 3 N–H and O–H groups in total. The first-order valence-corrected chi connectivity index (χ1v) is 5.60. The summed E-state index contributed by atoms with van der Waals surface area (Å²) in [4.78, 5) is 0. The van der Waals surface area contributed by atoms with Crippen molar-refractivity contribution in [1.82, 2.24) is 0 Å². The lowest BCUT2D eigenvalue weighted by Crippen LogP contribution is -2.07. The summed E-state index contributed by atoms with van der Waals surface area (Å²) in [6.07, 6.45) is -1.28. The molecule has 0 aliphatic rings. The highest BCUT2D eigenvalue weighted by atomic mass is 19.1. The Morgan fingerprint density at radius 1 is 1.16 bits per heavy atom. The zero-order valence-corrected chi connectivity index (χ0v) is 10.2. The van der Waals surface area contributed by atoms with Crippen LogP contribution in [-0.2, 0) is 0 Å². The van der Waals surface area contributed by atoms with E-state index in [9.17, 15) is 13.9 Å². The number of halogens is 2. The van der Waals surface area contributed by atoms with E-state index in [1.54, 1.807) is 18.2 Å². The van der Waals surface area contributed by atoms with Crippen LogP contribution in [0.5, 0.6) is 5.75 Å². The summed E-state index contributed by atoms with van der Waals surface area (Å²) < 4.78 is 31.5. The Bertz CT molecular complexity index is 602. The smallest absolute Gasteiger partial charge is 0.142 e. The Morgan fingerprint density at radius 2 is 1.89 bits per heavy atom. The van der Waals surface area contributed by atoms with Crippen LogP contribution in [0, 0.1) is 11.6 Å². The summed E-state index contributed by atoms with van der Waals surface area (Å²) in [5, 5.41) is 10.2. The van der Waals surface area contributed by atoms with Crippen molar-refractivity contribution in [3.8, 4) is 5.75 Å². The van der Waals surface area contributed by atoms with Gasteiger partial charge >= 0.3 is 0 Å². The van der Waals surface area contributed by atoms with Crippen LogP contribution in [-0.4, -0.2) is 12.2 Å². The van der Waals surface area contributed by atoms with Gasteiger partial charge in [0.1, 0.15) is 23.5 Å². The molecule has 2 aromatic rings. The van der Waals surface area contributed by atoms with E-state index < -0.39 is 17.7 Å². The molecule has 0 heterocycles. The first kappa shape index (κ1) is 13.3. The van der Waals surface area contributed by atoms with Crippen molar-refractivity contribution in [1.29, 1.82) is 0 Å². The van der Waals surface area contributed by atoms with Gasteiger partial charge < -0.3 is 15.6 Å².